The van der Waals surface area contributed by atoms with Crippen LogP contribution < -0.4 is 11.1 Å². The van der Waals surface area contributed by atoms with Crippen LogP contribution in [0, 0.1) is 0 Å². The second-order valence-electron chi connectivity index (χ2n) is 4.06. The van der Waals surface area contributed by atoms with Gasteiger partial charge in [-0.1, -0.05) is 12.1 Å². The van der Waals surface area contributed by atoms with Crippen LogP contribution >= 0.6 is 11.3 Å². The minimum Gasteiger partial charge on any atom is -0.399 e. The zero-order valence-electron chi connectivity index (χ0n) is 10.3. The average molecular weight is 275 g/mol. The van der Waals surface area contributed by atoms with Gasteiger partial charge in [0.1, 0.15) is 5.69 Å². The number of benzene rings is 1. The van der Waals surface area contributed by atoms with E-state index < -0.39 is 0 Å². The Kier molecular flexibility index (Phi) is 3.91. The van der Waals surface area contributed by atoms with Crippen molar-refractivity contribution < 1.29 is 9.59 Å². The first-order chi connectivity index (χ1) is 9.04. The average Bonchev–Trinajstić information content (AvgIpc) is 2.80. The van der Waals surface area contributed by atoms with Crippen molar-refractivity contribution >= 4 is 33.8 Å². The van der Waals surface area contributed by atoms with Gasteiger partial charge in [0.05, 0.1) is 6.42 Å². The number of nitrogens with zero attached hydrogens (tertiary/aromatic N) is 1. The maximum absolute atomic E-state index is 11.8. The number of nitrogen functional groups attached to an aromatic ring is 1. The van der Waals surface area contributed by atoms with Crippen LogP contribution in [0.3, 0.4) is 0 Å². The molecular formula is C13H13N3O2S. The Bertz CT molecular complexity index is 605. The summed E-state index contributed by atoms with van der Waals surface area (Å²) in [6.07, 6.45) is 0.245. The van der Waals surface area contributed by atoms with Gasteiger partial charge in [-0.15, -0.1) is 11.3 Å². The molecule has 0 saturated heterocycles. The summed E-state index contributed by atoms with van der Waals surface area (Å²) in [6.45, 7) is 1.44. The smallest absolute Gasteiger partial charge is 0.230 e. The van der Waals surface area contributed by atoms with Gasteiger partial charge in [-0.05, 0) is 17.7 Å². The highest BCUT2D eigenvalue weighted by Gasteiger charge is 2.09. The van der Waals surface area contributed by atoms with Crippen LogP contribution in [-0.4, -0.2) is 16.7 Å². The van der Waals surface area contributed by atoms with Gasteiger partial charge in [0, 0.05) is 18.0 Å². The minimum absolute atomic E-state index is 0.115. The summed E-state index contributed by atoms with van der Waals surface area (Å²) in [4.78, 5) is 26.9. The van der Waals surface area contributed by atoms with Crippen LogP contribution in [0.4, 0.5) is 10.8 Å². The molecule has 3 N–H and O–H groups in total. The summed E-state index contributed by atoms with van der Waals surface area (Å²) in [5.41, 5.74) is 7.47. The number of Topliss-reactive ketones (excluding diaryl/α,β-unsaturated/α-hetero) is 1. The number of ketones is 1. The van der Waals surface area contributed by atoms with Gasteiger partial charge in [0.25, 0.3) is 0 Å². The largest absolute Gasteiger partial charge is 0.399 e. The zero-order valence-corrected chi connectivity index (χ0v) is 11.2. The number of hydrogen-bond acceptors (Lipinski definition) is 5. The molecule has 6 heteroatoms. The minimum atomic E-state index is -0.172. The topological polar surface area (TPSA) is 85.1 Å². The molecule has 2 rings (SSSR count). The lowest BCUT2D eigenvalue weighted by molar-refractivity contribution is -0.115. The van der Waals surface area contributed by atoms with E-state index >= 15 is 0 Å². The van der Waals surface area contributed by atoms with Gasteiger partial charge in [0.15, 0.2) is 10.9 Å². The van der Waals surface area contributed by atoms with Crippen LogP contribution in [0.2, 0.25) is 0 Å². The summed E-state index contributed by atoms with van der Waals surface area (Å²) >= 11 is 1.24. The third kappa shape index (κ3) is 3.62. The van der Waals surface area contributed by atoms with Crippen molar-refractivity contribution in [1.29, 1.82) is 0 Å². The summed E-state index contributed by atoms with van der Waals surface area (Å²) in [5.74, 6) is -0.287. The highest BCUT2D eigenvalue weighted by Crippen LogP contribution is 2.16. The molecule has 0 unspecified atom stereocenters. The Hall–Kier alpha value is -2.21. The fraction of sp³-hybridized carbons (Fsp3) is 0.154. The van der Waals surface area contributed by atoms with Crippen LogP contribution in [0.5, 0.6) is 0 Å². The molecule has 0 aliphatic carbocycles. The van der Waals surface area contributed by atoms with Crippen LogP contribution in [-0.2, 0) is 11.2 Å². The molecule has 0 aliphatic rings. The second kappa shape index (κ2) is 5.62. The number of carbonyl (C=O) groups excluding carboxylic acids is 2. The van der Waals surface area contributed by atoms with Gasteiger partial charge in [0.2, 0.25) is 5.91 Å². The highest BCUT2D eigenvalue weighted by molar-refractivity contribution is 7.14. The molecule has 0 fully saturated rings. The quantitative estimate of drug-likeness (QED) is 0.661. The normalized spacial score (nSPS) is 10.2. The molecule has 5 nitrogen and oxygen atoms in total. The Balaban J connectivity index is 1.97. The molecule has 1 aromatic heterocycles. The number of amides is 1. The van der Waals surface area contributed by atoms with Crippen molar-refractivity contribution in [1.82, 2.24) is 4.98 Å². The van der Waals surface area contributed by atoms with E-state index in [1.807, 2.05) is 0 Å². The van der Waals surface area contributed by atoms with Gasteiger partial charge >= 0.3 is 0 Å². The number of anilines is 2. The van der Waals surface area contributed by atoms with Crippen molar-refractivity contribution in [2.24, 2.45) is 0 Å². The molecule has 0 atom stereocenters. The summed E-state index contributed by atoms with van der Waals surface area (Å²) in [7, 11) is 0. The molecule has 2 aromatic rings. The SMILES string of the molecule is CC(=O)c1csc(NC(=O)Cc2ccc(N)cc2)n1. The van der Waals surface area contributed by atoms with E-state index in [0.717, 1.165) is 5.56 Å². The fourth-order valence-corrected chi connectivity index (χ4v) is 2.24. The van der Waals surface area contributed by atoms with Gasteiger partial charge in [-0.3, -0.25) is 9.59 Å². The molecule has 0 aliphatic heterocycles. The van der Waals surface area contributed by atoms with Crippen LogP contribution in [0.15, 0.2) is 29.6 Å². The fourth-order valence-electron chi connectivity index (χ4n) is 1.48. The number of thiazole rings is 1. The number of hydrogen-bond donors (Lipinski definition) is 2. The van der Waals surface area contributed by atoms with E-state index in [-0.39, 0.29) is 18.1 Å². The molecule has 98 valence electrons. The first kappa shape index (κ1) is 13.2. The van der Waals surface area contributed by atoms with Crippen molar-refractivity contribution in [3.8, 4) is 0 Å². The van der Waals surface area contributed by atoms with Crippen molar-refractivity contribution in [2.75, 3.05) is 11.1 Å². The first-order valence-electron chi connectivity index (χ1n) is 5.65. The van der Waals surface area contributed by atoms with E-state index in [9.17, 15) is 9.59 Å². The maximum atomic E-state index is 11.8. The highest BCUT2D eigenvalue weighted by atomic mass is 32.1. The third-order valence-electron chi connectivity index (χ3n) is 2.46. The number of nitrogens with one attached hydrogen (secondary N) is 1. The molecule has 0 radical (unpaired) electrons. The molecule has 19 heavy (non-hydrogen) atoms. The number of carbonyl (C=O) groups is 2. The number of aromatic nitrogens is 1. The van der Waals surface area contributed by atoms with E-state index in [1.165, 1.54) is 18.3 Å². The maximum Gasteiger partial charge on any atom is 0.230 e. The van der Waals surface area contributed by atoms with E-state index in [0.29, 0.717) is 16.5 Å². The summed E-state index contributed by atoms with van der Waals surface area (Å²) in [6, 6.07) is 7.11. The molecule has 1 amide bonds. The predicted molar refractivity (Wildman–Crippen MR) is 75.3 cm³/mol. The lowest BCUT2D eigenvalue weighted by Crippen LogP contribution is -2.14. The van der Waals surface area contributed by atoms with Gasteiger partial charge in [-0.2, -0.15) is 0 Å². The molecule has 0 spiro atoms. The third-order valence-corrected chi connectivity index (χ3v) is 3.21. The van der Waals surface area contributed by atoms with E-state index in [4.69, 9.17) is 5.73 Å². The lowest BCUT2D eigenvalue weighted by atomic mass is 10.1. The summed E-state index contributed by atoms with van der Waals surface area (Å²) < 4.78 is 0. The molecule has 1 aromatic carbocycles. The predicted octanol–water partition coefficient (Wildman–Crippen LogP) is 2.11. The second-order valence-corrected chi connectivity index (χ2v) is 4.92. The Labute approximate surface area is 114 Å². The van der Waals surface area contributed by atoms with Crippen molar-refractivity contribution in [3.63, 3.8) is 0 Å². The van der Waals surface area contributed by atoms with Crippen molar-refractivity contribution in [3.05, 3.63) is 40.9 Å². The Morgan fingerprint density at radius 3 is 2.58 bits per heavy atom. The van der Waals surface area contributed by atoms with Crippen molar-refractivity contribution in [2.45, 2.75) is 13.3 Å². The monoisotopic (exact) mass is 275 g/mol. The Morgan fingerprint density at radius 1 is 1.32 bits per heavy atom. The van der Waals surface area contributed by atoms with Gasteiger partial charge in [-0.25, -0.2) is 4.98 Å². The molecule has 1 heterocycles. The molecular weight excluding hydrogens is 262 g/mol. The van der Waals surface area contributed by atoms with E-state index in [2.05, 4.69) is 10.3 Å². The number of rotatable bonds is 4. The summed E-state index contributed by atoms with van der Waals surface area (Å²) in [5, 5.41) is 4.73. The van der Waals surface area contributed by atoms with Crippen LogP contribution in [0.1, 0.15) is 23.0 Å². The molecule has 0 saturated carbocycles. The molecule has 0 bridgehead atoms. The van der Waals surface area contributed by atoms with Gasteiger partial charge < -0.3 is 11.1 Å². The standard InChI is InChI=1S/C13H13N3O2S/c1-8(17)11-7-19-13(15-11)16-12(18)6-9-2-4-10(14)5-3-9/h2-5,7H,6,14H2,1H3,(H,15,16,18). The van der Waals surface area contributed by atoms with E-state index in [1.54, 1.807) is 29.6 Å². The zero-order chi connectivity index (χ0) is 13.8. The van der Waals surface area contributed by atoms with Crippen LogP contribution in [0.25, 0.3) is 0 Å². The first-order valence-corrected chi connectivity index (χ1v) is 6.53. The Morgan fingerprint density at radius 2 is 2.00 bits per heavy atom. The lowest BCUT2D eigenvalue weighted by Gasteiger charge is -2.02. The number of nitrogens with two attached hydrogens (primary N) is 1.